The van der Waals surface area contributed by atoms with E-state index < -0.39 is 0 Å². The fraction of sp³-hybridized carbons (Fsp3) is 1.00. The van der Waals surface area contributed by atoms with Gasteiger partial charge in [-0.2, -0.15) is 0 Å². The highest BCUT2D eigenvalue weighted by Gasteiger charge is 2.28. The largest absolute Gasteiger partial charge is 0.327 e. The lowest BCUT2D eigenvalue weighted by molar-refractivity contribution is 0.0762. The Morgan fingerprint density at radius 1 is 0.882 bits per heavy atom. The van der Waals surface area contributed by atoms with Crippen LogP contribution in [0.4, 0.5) is 0 Å². The molecular weight excluding hydrogens is 208 g/mol. The second-order valence-corrected chi connectivity index (χ2v) is 6.26. The predicted octanol–water partition coefficient (Wildman–Crippen LogP) is 3.30. The number of nitrogens with two attached hydrogens (primary N) is 1. The van der Waals surface area contributed by atoms with Gasteiger partial charge < -0.3 is 5.73 Å². The van der Waals surface area contributed by atoms with Crippen molar-refractivity contribution in [1.82, 2.24) is 4.90 Å². The van der Waals surface area contributed by atoms with Crippen LogP contribution in [0.15, 0.2) is 0 Å². The van der Waals surface area contributed by atoms with E-state index >= 15 is 0 Å². The van der Waals surface area contributed by atoms with Crippen LogP contribution in [0.3, 0.4) is 0 Å². The van der Waals surface area contributed by atoms with Gasteiger partial charge in [0.25, 0.3) is 0 Å². The van der Waals surface area contributed by atoms with Crippen LogP contribution in [0.25, 0.3) is 0 Å². The van der Waals surface area contributed by atoms with Crippen molar-refractivity contribution < 1.29 is 0 Å². The van der Waals surface area contributed by atoms with E-state index in [1.54, 1.807) is 0 Å². The maximum atomic E-state index is 6.06. The molecule has 2 nitrogen and oxygen atoms in total. The van der Waals surface area contributed by atoms with E-state index in [1.165, 1.54) is 64.2 Å². The standard InChI is InChI=1S/C15H30N2/c1-13(16)12-17(14-8-4-2-5-9-14)15-10-6-3-7-11-15/h13-15H,2-12,16H2,1H3. The number of hydrogen-bond acceptors (Lipinski definition) is 2. The third-order valence-corrected chi connectivity index (χ3v) is 4.59. The van der Waals surface area contributed by atoms with E-state index in [0.29, 0.717) is 6.04 Å². The van der Waals surface area contributed by atoms with E-state index in [0.717, 1.165) is 18.6 Å². The summed E-state index contributed by atoms with van der Waals surface area (Å²) in [6.07, 6.45) is 14.3. The Kier molecular flexibility index (Phi) is 5.30. The molecule has 2 aliphatic carbocycles. The topological polar surface area (TPSA) is 29.3 Å². The Balaban J connectivity index is 1.95. The molecule has 0 spiro atoms. The quantitative estimate of drug-likeness (QED) is 0.814. The SMILES string of the molecule is CC(N)CN(C1CCCCC1)C1CCCCC1. The first-order chi connectivity index (χ1) is 8.27. The lowest BCUT2D eigenvalue weighted by Gasteiger charge is -2.42. The molecule has 0 aromatic carbocycles. The van der Waals surface area contributed by atoms with Crippen molar-refractivity contribution in [3.8, 4) is 0 Å². The molecule has 0 saturated heterocycles. The smallest absolute Gasteiger partial charge is 0.0139 e. The molecule has 0 aliphatic heterocycles. The average Bonchev–Trinajstić information content (AvgIpc) is 2.38. The van der Waals surface area contributed by atoms with E-state index in [4.69, 9.17) is 5.73 Å². The first-order valence-corrected chi connectivity index (χ1v) is 7.78. The summed E-state index contributed by atoms with van der Waals surface area (Å²) in [4.78, 5) is 2.79. The van der Waals surface area contributed by atoms with Gasteiger partial charge in [0, 0.05) is 24.7 Å². The molecule has 1 unspecified atom stereocenters. The summed E-state index contributed by atoms with van der Waals surface area (Å²) in [5.74, 6) is 0. The van der Waals surface area contributed by atoms with Crippen molar-refractivity contribution in [2.24, 2.45) is 5.73 Å². The molecule has 2 fully saturated rings. The summed E-state index contributed by atoms with van der Waals surface area (Å²) in [7, 11) is 0. The molecule has 0 bridgehead atoms. The minimum absolute atomic E-state index is 0.332. The second kappa shape index (κ2) is 6.75. The zero-order valence-corrected chi connectivity index (χ0v) is 11.5. The van der Waals surface area contributed by atoms with Gasteiger partial charge in [-0.05, 0) is 32.6 Å². The van der Waals surface area contributed by atoms with Crippen LogP contribution in [0.2, 0.25) is 0 Å². The van der Waals surface area contributed by atoms with Gasteiger partial charge in [-0.15, -0.1) is 0 Å². The minimum atomic E-state index is 0.332. The molecule has 0 aromatic rings. The third-order valence-electron chi connectivity index (χ3n) is 4.59. The van der Waals surface area contributed by atoms with Crippen molar-refractivity contribution in [2.75, 3.05) is 6.54 Å². The third kappa shape index (κ3) is 3.96. The highest BCUT2D eigenvalue weighted by Crippen LogP contribution is 2.30. The molecule has 0 radical (unpaired) electrons. The molecule has 2 rings (SSSR count). The molecule has 0 heterocycles. The summed E-state index contributed by atoms with van der Waals surface area (Å²) in [5, 5.41) is 0. The Hall–Kier alpha value is -0.0800. The summed E-state index contributed by atoms with van der Waals surface area (Å²) in [6, 6.07) is 2.02. The van der Waals surface area contributed by atoms with Crippen LogP contribution < -0.4 is 5.73 Å². The highest BCUT2D eigenvalue weighted by atomic mass is 15.2. The normalized spacial score (nSPS) is 26.3. The lowest BCUT2D eigenvalue weighted by Crippen LogP contribution is -2.49. The Morgan fingerprint density at radius 3 is 1.65 bits per heavy atom. The zero-order chi connectivity index (χ0) is 12.1. The molecule has 0 aromatic heterocycles. The molecule has 100 valence electrons. The minimum Gasteiger partial charge on any atom is -0.327 e. The second-order valence-electron chi connectivity index (χ2n) is 6.26. The summed E-state index contributed by atoms with van der Waals surface area (Å²) in [5.41, 5.74) is 6.06. The molecule has 2 heteroatoms. The van der Waals surface area contributed by atoms with Crippen LogP contribution in [0.5, 0.6) is 0 Å². The van der Waals surface area contributed by atoms with Crippen molar-refractivity contribution in [2.45, 2.75) is 89.3 Å². The summed E-state index contributed by atoms with van der Waals surface area (Å²) < 4.78 is 0. The van der Waals surface area contributed by atoms with Gasteiger partial charge in [0.05, 0.1) is 0 Å². The fourth-order valence-electron chi connectivity index (χ4n) is 3.75. The predicted molar refractivity (Wildman–Crippen MR) is 74.1 cm³/mol. The monoisotopic (exact) mass is 238 g/mol. The highest BCUT2D eigenvalue weighted by molar-refractivity contribution is 4.85. The van der Waals surface area contributed by atoms with E-state index in [2.05, 4.69) is 11.8 Å². The van der Waals surface area contributed by atoms with Gasteiger partial charge in [0.15, 0.2) is 0 Å². The molecule has 2 aliphatic rings. The van der Waals surface area contributed by atoms with Crippen molar-refractivity contribution in [1.29, 1.82) is 0 Å². The lowest BCUT2D eigenvalue weighted by atomic mass is 9.88. The Bertz CT molecular complexity index is 185. The molecular formula is C15H30N2. The fourth-order valence-corrected chi connectivity index (χ4v) is 3.75. The summed E-state index contributed by atoms with van der Waals surface area (Å²) in [6.45, 7) is 3.29. The van der Waals surface area contributed by atoms with Crippen LogP contribution in [0, 0.1) is 0 Å². The maximum Gasteiger partial charge on any atom is 0.0139 e. The first-order valence-electron chi connectivity index (χ1n) is 7.78. The summed E-state index contributed by atoms with van der Waals surface area (Å²) >= 11 is 0. The molecule has 0 amide bonds. The zero-order valence-electron chi connectivity index (χ0n) is 11.5. The van der Waals surface area contributed by atoms with E-state index in [9.17, 15) is 0 Å². The molecule has 2 saturated carbocycles. The molecule has 1 atom stereocenters. The number of nitrogens with zero attached hydrogens (tertiary/aromatic N) is 1. The van der Waals surface area contributed by atoms with Gasteiger partial charge in [0.1, 0.15) is 0 Å². The van der Waals surface area contributed by atoms with Crippen LogP contribution in [-0.4, -0.2) is 29.6 Å². The van der Waals surface area contributed by atoms with Gasteiger partial charge in [-0.1, -0.05) is 38.5 Å². The van der Waals surface area contributed by atoms with Crippen LogP contribution in [0.1, 0.15) is 71.1 Å². The van der Waals surface area contributed by atoms with Crippen molar-refractivity contribution in [3.63, 3.8) is 0 Å². The number of hydrogen-bond donors (Lipinski definition) is 1. The van der Waals surface area contributed by atoms with Crippen LogP contribution in [-0.2, 0) is 0 Å². The van der Waals surface area contributed by atoms with Crippen molar-refractivity contribution >= 4 is 0 Å². The van der Waals surface area contributed by atoms with E-state index in [1.807, 2.05) is 0 Å². The first kappa shape index (κ1) is 13.4. The van der Waals surface area contributed by atoms with Gasteiger partial charge in [0.2, 0.25) is 0 Å². The van der Waals surface area contributed by atoms with E-state index in [-0.39, 0.29) is 0 Å². The number of rotatable bonds is 4. The average molecular weight is 238 g/mol. The van der Waals surface area contributed by atoms with Gasteiger partial charge in [-0.25, -0.2) is 0 Å². The van der Waals surface area contributed by atoms with Gasteiger partial charge >= 0.3 is 0 Å². The maximum absolute atomic E-state index is 6.06. The Labute approximate surface area is 107 Å². The van der Waals surface area contributed by atoms with Gasteiger partial charge in [-0.3, -0.25) is 4.90 Å². The molecule has 17 heavy (non-hydrogen) atoms. The molecule has 2 N–H and O–H groups in total. The van der Waals surface area contributed by atoms with Crippen LogP contribution >= 0.6 is 0 Å². The Morgan fingerprint density at radius 2 is 1.29 bits per heavy atom. The van der Waals surface area contributed by atoms with Crippen molar-refractivity contribution in [3.05, 3.63) is 0 Å².